The minimum absolute atomic E-state index is 0.343. The van der Waals surface area contributed by atoms with Gasteiger partial charge in [-0.15, -0.1) is 0 Å². The first-order valence-electron chi connectivity index (χ1n) is 5.88. The number of hydrogen-bond donors (Lipinski definition) is 0. The number of ketones is 1. The molecule has 2 heteroatoms. The van der Waals surface area contributed by atoms with Gasteiger partial charge in [0.2, 0.25) is 0 Å². The van der Waals surface area contributed by atoms with Crippen molar-refractivity contribution in [2.24, 2.45) is 0 Å². The summed E-state index contributed by atoms with van der Waals surface area (Å²) in [5.41, 5.74) is 2.54. The van der Waals surface area contributed by atoms with Crippen LogP contribution >= 0.6 is 0 Å². The van der Waals surface area contributed by atoms with E-state index < -0.39 is 0 Å². The number of carbonyl (C=O) groups excluding carboxylic acids is 1. The lowest BCUT2D eigenvalue weighted by atomic mass is 9.90. The molecular formula is C15H13NO. The van der Waals surface area contributed by atoms with E-state index in [1.54, 1.807) is 0 Å². The Labute approximate surface area is 100.0 Å². The van der Waals surface area contributed by atoms with Crippen molar-refractivity contribution in [2.45, 2.75) is 19.3 Å². The quantitative estimate of drug-likeness (QED) is 0.741. The first-order chi connectivity index (χ1) is 8.34. The van der Waals surface area contributed by atoms with Crippen LogP contribution in [-0.4, -0.2) is 10.8 Å². The van der Waals surface area contributed by atoms with Gasteiger partial charge in [-0.05, 0) is 29.0 Å². The van der Waals surface area contributed by atoms with Crippen LogP contribution in [0.15, 0.2) is 42.7 Å². The molecule has 1 aromatic heterocycles. The normalized spacial score (nSPS) is 16.0. The minimum atomic E-state index is 0.343. The van der Waals surface area contributed by atoms with Gasteiger partial charge in [0.1, 0.15) is 5.78 Å². The molecule has 0 radical (unpaired) electrons. The Morgan fingerprint density at radius 3 is 2.88 bits per heavy atom. The maximum absolute atomic E-state index is 11.2. The lowest BCUT2D eigenvalue weighted by Gasteiger charge is -2.14. The number of carbonyl (C=O) groups is 1. The zero-order valence-electron chi connectivity index (χ0n) is 9.52. The molecule has 1 heterocycles. The third-order valence-electron chi connectivity index (χ3n) is 3.28. The minimum Gasteiger partial charge on any atom is -0.299 e. The van der Waals surface area contributed by atoms with Crippen LogP contribution in [0.2, 0.25) is 0 Å². The van der Waals surface area contributed by atoms with Crippen LogP contribution < -0.4 is 0 Å². The first kappa shape index (κ1) is 10.2. The fraction of sp³-hybridized carbons (Fsp3) is 0.200. The Morgan fingerprint density at radius 2 is 2.06 bits per heavy atom. The van der Waals surface area contributed by atoms with E-state index >= 15 is 0 Å². The van der Waals surface area contributed by atoms with E-state index in [4.69, 9.17) is 0 Å². The molecule has 17 heavy (non-hydrogen) atoms. The lowest BCUT2D eigenvalue weighted by Crippen LogP contribution is -2.03. The average molecular weight is 223 g/mol. The molecule has 2 aromatic rings. The first-order valence-corrected chi connectivity index (χ1v) is 5.88. The van der Waals surface area contributed by atoms with Crippen molar-refractivity contribution in [3.05, 3.63) is 48.3 Å². The highest BCUT2D eigenvalue weighted by Gasteiger charge is 2.13. The molecule has 1 aromatic carbocycles. The van der Waals surface area contributed by atoms with Crippen molar-refractivity contribution in [2.75, 3.05) is 0 Å². The number of hydrogen-bond acceptors (Lipinski definition) is 2. The molecule has 0 aliphatic heterocycles. The molecule has 1 aliphatic carbocycles. The third kappa shape index (κ3) is 1.86. The lowest BCUT2D eigenvalue weighted by molar-refractivity contribution is -0.118. The smallest absolute Gasteiger partial charge is 0.137 e. The molecule has 0 bridgehead atoms. The summed E-state index contributed by atoms with van der Waals surface area (Å²) in [6.45, 7) is 0. The van der Waals surface area contributed by atoms with Gasteiger partial charge in [0, 0.05) is 30.6 Å². The van der Waals surface area contributed by atoms with Gasteiger partial charge in [-0.25, -0.2) is 0 Å². The number of pyridine rings is 1. The van der Waals surface area contributed by atoms with Crippen LogP contribution in [0.3, 0.4) is 0 Å². The van der Waals surface area contributed by atoms with Crippen molar-refractivity contribution < 1.29 is 4.79 Å². The monoisotopic (exact) mass is 223 g/mol. The summed E-state index contributed by atoms with van der Waals surface area (Å²) < 4.78 is 0. The molecule has 1 aliphatic rings. The second-order valence-electron chi connectivity index (χ2n) is 4.37. The Morgan fingerprint density at radius 1 is 1.12 bits per heavy atom. The molecule has 84 valence electrons. The SMILES string of the molecule is O=C1CC=C(c2cccc3cnccc23)CC1. The average Bonchev–Trinajstić information content (AvgIpc) is 2.39. The zero-order chi connectivity index (χ0) is 11.7. The summed E-state index contributed by atoms with van der Waals surface area (Å²) >= 11 is 0. The van der Waals surface area contributed by atoms with Gasteiger partial charge in [0.25, 0.3) is 0 Å². The molecule has 3 rings (SSSR count). The van der Waals surface area contributed by atoms with Crippen molar-refractivity contribution in [3.8, 4) is 0 Å². The van der Waals surface area contributed by atoms with Gasteiger partial charge in [0.15, 0.2) is 0 Å². The topological polar surface area (TPSA) is 30.0 Å². The summed E-state index contributed by atoms with van der Waals surface area (Å²) in [7, 11) is 0. The number of nitrogens with zero attached hydrogens (tertiary/aromatic N) is 1. The largest absolute Gasteiger partial charge is 0.299 e. The van der Waals surface area contributed by atoms with Crippen molar-refractivity contribution in [3.63, 3.8) is 0 Å². The van der Waals surface area contributed by atoms with Crippen LogP contribution in [0.5, 0.6) is 0 Å². The Balaban J connectivity index is 2.14. The fourth-order valence-corrected chi connectivity index (χ4v) is 2.36. The molecular weight excluding hydrogens is 210 g/mol. The molecule has 0 amide bonds. The predicted octanol–water partition coefficient (Wildman–Crippen LogP) is 3.37. The number of rotatable bonds is 1. The Kier molecular flexibility index (Phi) is 2.48. The Hall–Kier alpha value is -1.96. The highest BCUT2D eigenvalue weighted by atomic mass is 16.1. The predicted molar refractivity (Wildman–Crippen MR) is 68.6 cm³/mol. The van der Waals surface area contributed by atoms with E-state index in [9.17, 15) is 4.79 Å². The Bertz CT molecular complexity index is 608. The molecule has 0 N–H and O–H groups in total. The number of fused-ring (bicyclic) bond motifs is 1. The van der Waals surface area contributed by atoms with Crippen LogP contribution in [-0.2, 0) is 4.79 Å². The summed E-state index contributed by atoms with van der Waals surface area (Å²) in [5, 5.41) is 2.38. The maximum atomic E-state index is 11.2. The van der Waals surface area contributed by atoms with E-state index in [1.807, 2.05) is 18.5 Å². The highest BCUT2D eigenvalue weighted by molar-refractivity contribution is 5.96. The van der Waals surface area contributed by atoms with Crippen LogP contribution in [0.4, 0.5) is 0 Å². The van der Waals surface area contributed by atoms with Gasteiger partial charge < -0.3 is 0 Å². The summed E-state index contributed by atoms with van der Waals surface area (Å²) in [6, 6.07) is 8.29. The number of benzene rings is 1. The molecule has 0 atom stereocenters. The highest BCUT2D eigenvalue weighted by Crippen LogP contribution is 2.30. The van der Waals surface area contributed by atoms with Gasteiger partial charge >= 0.3 is 0 Å². The third-order valence-corrected chi connectivity index (χ3v) is 3.28. The van der Waals surface area contributed by atoms with Crippen LogP contribution in [0.25, 0.3) is 16.3 Å². The summed E-state index contributed by atoms with van der Waals surface area (Å²) in [6.07, 6.45) is 7.89. The zero-order valence-corrected chi connectivity index (χ0v) is 9.52. The maximum Gasteiger partial charge on any atom is 0.137 e. The second kappa shape index (κ2) is 4.13. The standard InChI is InChI=1S/C15H13NO/c17-13-6-4-11(5-7-13)14-3-1-2-12-10-16-9-8-15(12)14/h1-4,8-10H,5-7H2. The van der Waals surface area contributed by atoms with E-state index in [1.165, 1.54) is 16.5 Å². The van der Waals surface area contributed by atoms with E-state index in [0.29, 0.717) is 18.6 Å². The molecule has 0 saturated heterocycles. The van der Waals surface area contributed by atoms with E-state index in [2.05, 4.69) is 29.3 Å². The van der Waals surface area contributed by atoms with E-state index in [0.717, 1.165) is 11.8 Å². The molecule has 0 spiro atoms. The molecule has 0 fully saturated rings. The summed E-state index contributed by atoms with van der Waals surface area (Å²) in [5.74, 6) is 0.343. The second-order valence-corrected chi connectivity index (χ2v) is 4.37. The molecule has 2 nitrogen and oxygen atoms in total. The van der Waals surface area contributed by atoms with Crippen molar-refractivity contribution in [1.82, 2.24) is 4.98 Å². The van der Waals surface area contributed by atoms with Gasteiger partial charge in [-0.1, -0.05) is 24.3 Å². The molecule has 0 saturated carbocycles. The number of Topliss-reactive ketones (excluding diaryl/α,β-unsaturated/α-hetero) is 1. The van der Waals surface area contributed by atoms with Gasteiger partial charge in [-0.3, -0.25) is 9.78 Å². The summed E-state index contributed by atoms with van der Waals surface area (Å²) in [4.78, 5) is 15.4. The fourth-order valence-electron chi connectivity index (χ4n) is 2.36. The van der Waals surface area contributed by atoms with Crippen LogP contribution in [0, 0.1) is 0 Å². The number of allylic oxidation sites excluding steroid dienone is 2. The van der Waals surface area contributed by atoms with Gasteiger partial charge in [-0.2, -0.15) is 0 Å². The van der Waals surface area contributed by atoms with E-state index in [-0.39, 0.29) is 0 Å². The van der Waals surface area contributed by atoms with Crippen molar-refractivity contribution >= 4 is 22.1 Å². The van der Waals surface area contributed by atoms with Gasteiger partial charge in [0.05, 0.1) is 0 Å². The molecule has 0 unspecified atom stereocenters. The number of aromatic nitrogens is 1. The van der Waals surface area contributed by atoms with Crippen molar-refractivity contribution in [1.29, 1.82) is 0 Å². The van der Waals surface area contributed by atoms with Crippen LogP contribution in [0.1, 0.15) is 24.8 Å².